The number of aromatic nitrogens is 2. The molecule has 186 valence electrons. The number of nitrogens with zero attached hydrogens (tertiary/aromatic N) is 4. The molecule has 0 spiro atoms. The summed E-state index contributed by atoms with van der Waals surface area (Å²) in [5.74, 6) is 0.412. The van der Waals surface area contributed by atoms with Crippen LogP contribution in [0.1, 0.15) is 41.2 Å². The smallest absolute Gasteiger partial charge is 0.251 e. The summed E-state index contributed by atoms with van der Waals surface area (Å²) in [5, 5.41) is 2.86. The Hall–Kier alpha value is -3.08. The number of aryl methyl sites for hydroxylation is 1. The van der Waals surface area contributed by atoms with Gasteiger partial charge in [0, 0.05) is 62.3 Å². The minimum absolute atomic E-state index is 0.196. The first-order valence-electron chi connectivity index (χ1n) is 11.7. The summed E-state index contributed by atoms with van der Waals surface area (Å²) < 4.78 is 33.3. The van der Waals surface area contributed by atoms with Crippen molar-refractivity contribution < 1.29 is 17.6 Å². The first kappa shape index (κ1) is 25.0. The first-order valence-corrected chi connectivity index (χ1v) is 13.3. The Morgan fingerprint density at radius 2 is 1.83 bits per heavy atom. The molecule has 3 aromatic rings. The van der Waals surface area contributed by atoms with E-state index in [9.17, 15) is 13.2 Å². The van der Waals surface area contributed by atoms with Gasteiger partial charge in [0.15, 0.2) is 0 Å². The highest BCUT2D eigenvalue weighted by molar-refractivity contribution is 7.88. The number of hydrogen-bond donors (Lipinski definition) is 1. The Bertz CT molecular complexity index is 1250. The molecule has 4 rings (SSSR count). The summed E-state index contributed by atoms with van der Waals surface area (Å²) in [5.41, 5.74) is 2.50. The van der Waals surface area contributed by atoms with Crippen LogP contribution >= 0.6 is 0 Å². The molecular weight excluding hydrogens is 466 g/mol. The van der Waals surface area contributed by atoms with Crippen molar-refractivity contribution in [3.63, 3.8) is 0 Å². The number of oxazole rings is 1. The van der Waals surface area contributed by atoms with Crippen molar-refractivity contribution in [2.75, 3.05) is 26.2 Å². The highest BCUT2D eigenvalue weighted by atomic mass is 32.2. The number of carbonyl (C=O) groups is 1. The maximum Gasteiger partial charge on any atom is 0.251 e. The zero-order valence-corrected chi connectivity index (χ0v) is 21.1. The van der Waals surface area contributed by atoms with E-state index < -0.39 is 10.0 Å². The van der Waals surface area contributed by atoms with E-state index in [1.54, 1.807) is 47.9 Å². The van der Waals surface area contributed by atoms with Crippen LogP contribution in [0, 0.1) is 6.92 Å². The van der Waals surface area contributed by atoms with Gasteiger partial charge in [-0.1, -0.05) is 6.07 Å². The fourth-order valence-corrected chi connectivity index (χ4v) is 5.51. The van der Waals surface area contributed by atoms with Crippen LogP contribution in [0.2, 0.25) is 0 Å². The molecule has 1 aromatic carbocycles. The summed E-state index contributed by atoms with van der Waals surface area (Å²) in [4.78, 5) is 23.2. The van der Waals surface area contributed by atoms with Gasteiger partial charge in [-0.2, -0.15) is 4.31 Å². The maximum atomic E-state index is 13.0. The summed E-state index contributed by atoms with van der Waals surface area (Å²) in [7, 11) is -3.50. The number of pyridine rings is 1. The van der Waals surface area contributed by atoms with E-state index in [0.29, 0.717) is 54.1 Å². The minimum Gasteiger partial charge on any atom is -0.441 e. The van der Waals surface area contributed by atoms with Crippen LogP contribution in [-0.2, 0) is 22.3 Å². The highest BCUT2D eigenvalue weighted by Gasteiger charge is 2.29. The lowest BCUT2D eigenvalue weighted by atomic mass is 10.1. The van der Waals surface area contributed by atoms with E-state index >= 15 is 0 Å². The lowest BCUT2D eigenvalue weighted by Crippen LogP contribution is -2.50. The van der Waals surface area contributed by atoms with Gasteiger partial charge in [-0.15, -0.1) is 0 Å². The number of amides is 1. The van der Waals surface area contributed by atoms with Gasteiger partial charge in [0.05, 0.1) is 5.69 Å². The number of piperazine rings is 1. The third-order valence-electron chi connectivity index (χ3n) is 6.18. The van der Waals surface area contributed by atoms with Crippen molar-refractivity contribution in [1.29, 1.82) is 0 Å². The van der Waals surface area contributed by atoms with E-state index in [1.807, 2.05) is 12.1 Å². The molecule has 3 heterocycles. The predicted molar refractivity (Wildman–Crippen MR) is 133 cm³/mol. The topological polar surface area (TPSA) is 109 Å². The van der Waals surface area contributed by atoms with E-state index in [4.69, 9.17) is 4.42 Å². The van der Waals surface area contributed by atoms with Gasteiger partial charge in [-0.3, -0.25) is 14.7 Å². The molecular formula is C25H31N5O4S. The molecule has 1 saturated heterocycles. The van der Waals surface area contributed by atoms with Gasteiger partial charge in [0.25, 0.3) is 5.91 Å². The van der Waals surface area contributed by atoms with Crippen molar-refractivity contribution in [1.82, 2.24) is 24.5 Å². The molecule has 1 amide bonds. The van der Waals surface area contributed by atoms with Gasteiger partial charge in [0.2, 0.25) is 15.9 Å². The van der Waals surface area contributed by atoms with Crippen molar-refractivity contribution in [2.45, 2.75) is 39.1 Å². The van der Waals surface area contributed by atoms with Crippen LogP contribution in [0.4, 0.5) is 0 Å². The fraction of sp³-hybridized carbons (Fsp3) is 0.400. The molecule has 0 aliphatic carbocycles. The second-order valence-electron chi connectivity index (χ2n) is 8.93. The zero-order chi connectivity index (χ0) is 25.0. The maximum absolute atomic E-state index is 13.0. The molecule has 1 aliphatic heterocycles. The van der Waals surface area contributed by atoms with Crippen LogP contribution in [0.5, 0.6) is 0 Å². The molecule has 0 bridgehead atoms. The molecule has 1 N–H and O–H groups in total. The lowest BCUT2D eigenvalue weighted by Gasteiger charge is -2.36. The number of carbonyl (C=O) groups excluding carboxylic acids is 1. The first-order chi connectivity index (χ1) is 16.7. The molecule has 2 aromatic heterocycles. The van der Waals surface area contributed by atoms with Gasteiger partial charge < -0.3 is 9.73 Å². The zero-order valence-electron chi connectivity index (χ0n) is 20.3. The molecule has 0 saturated carbocycles. The van der Waals surface area contributed by atoms with E-state index in [1.165, 1.54) is 0 Å². The summed E-state index contributed by atoms with van der Waals surface area (Å²) in [6, 6.07) is 11.0. The average molecular weight is 498 g/mol. The molecule has 0 unspecified atom stereocenters. The minimum atomic E-state index is -3.50. The Morgan fingerprint density at radius 1 is 1.11 bits per heavy atom. The van der Waals surface area contributed by atoms with E-state index in [-0.39, 0.29) is 11.7 Å². The number of rotatable bonds is 8. The van der Waals surface area contributed by atoms with Crippen molar-refractivity contribution in [3.8, 4) is 11.5 Å². The van der Waals surface area contributed by atoms with Gasteiger partial charge in [-0.05, 0) is 56.7 Å². The Kier molecular flexibility index (Phi) is 7.63. The normalized spacial score (nSPS) is 15.4. The predicted octanol–water partition coefficient (Wildman–Crippen LogP) is 2.83. The summed E-state index contributed by atoms with van der Waals surface area (Å²) in [6.07, 6.45) is 3.39. The van der Waals surface area contributed by atoms with Crippen molar-refractivity contribution in [3.05, 3.63) is 71.4 Å². The van der Waals surface area contributed by atoms with Gasteiger partial charge in [-0.25, -0.2) is 13.4 Å². The average Bonchev–Trinajstić information content (AvgIpc) is 3.22. The second kappa shape index (κ2) is 10.7. The van der Waals surface area contributed by atoms with Crippen molar-refractivity contribution >= 4 is 15.9 Å². The fourth-order valence-electron chi connectivity index (χ4n) is 4.00. The van der Waals surface area contributed by atoms with Crippen LogP contribution in [0.3, 0.4) is 0 Å². The second-order valence-corrected chi connectivity index (χ2v) is 10.9. The molecule has 1 aliphatic rings. The van der Waals surface area contributed by atoms with E-state index in [2.05, 4.69) is 34.0 Å². The molecule has 10 heteroatoms. The monoisotopic (exact) mass is 497 g/mol. The van der Waals surface area contributed by atoms with Crippen LogP contribution in [0.15, 0.2) is 53.2 Å². The van der Waals surface area contributed by atoms with E-state index in [0.717, 1.165) is 18.7 Å². The van der Waals surface area contributed by atoms with Crippen LogP contribution < -0.4 is 5.32 Å². The number of nitrogens with one attached hydrogen (secondary N) is 1. The third kappa shape index (κ3) is 6.14. The summed E-state index contributed by atoms with van der Waals surface area (Å²) >= 11 is 0. The van der Waals surface area contributed by atoms with Gasteiger partial charge >= 0.3 is 0 Å². The number of hydrogen-bond acceptors (Lipinski definition) is 7. The quantitative estimate of drug-likeness (QED) is 0.510. The third-order valence-corrected chi connectivity index (χ3v) is 7.97. The highest BCUT2D eigenvalue weighted by Crippen LogP contribution is 2.24. The Morgan fingerprint density at radius 3 is 2.46 bits per heavy atom. The largest absolute Gasteiger partial charge is 0.441 e. The van der Waals surface area contributed by atoms with Crippen LogP contribution in [-0.4, -0.2) is 65.7 Å². The molecule has 35 heavy (non-hydrogen) atoms. The lowest BCUT2D eigenvalue weighted by molar-refractivity contribution is 0.0951. The summed E-state index contributed by atoms with van der Waals surface area (Å²) in [6.45, 7) is 8.75. The SMILES string of the molecule is Cc1oc(-c2ccc(C(=O)NCc3cccnc3)cc2)nc1CS(=O)(=O)N1CCN(C(C)C)CC1. The van der Waals surface area contributed by atoms with Crippen molar-refractivity contribution in [2.24, 2.45) is 0 Å². The molecule has 0 atom stereocenters. The Labute approximate surface area is 206 Å². The molecule has 0 radical (unpaired) electrons. The molecule has 9 nitrogen and oxygen atoms in total. The standard InChI is InChI=1S/C25H31N5O4S/c1-18(2)29-11-13-30(14-12-29)35(32,33)17-23-19(3)34-25(28-23)22-8-6-21(7-9-22)24(31)27-16-20-5-4-10-26-15-20/h4-10,15,18H,11-14,16-17H2,1-3H3,(H,27,31). The Balaban J connectivity index is 1.39. The number of sulfonamides is 1. The van der Waals surface area contributed by atoms with Gasteiger partial charge in [0.1, 0.15) is 11.5 Å². The van der Waals surface area contributed by atoms with Crippen LogP contribution in [0.25, 0.3) is 11.5 Å². The number of benzene rings is 1. The molecule has 1 fully saturated rings.